The van der Waals surface area contributed by atoms with Gasteiger partial charge in [-0.05, 0) is 12.5 Å². The highest BCUT2D eigenvalue weighted by Gasteiger charge is 2.11. The minimum absolute atomic E-state index is 0.0820. The van der Waals surface area contributed by atoms with E-state index in [0.29, 0.717) is 10.0 Å². The molecule has 1 rings (SSSR count). The number of aromatic nitrogens is 1. The van der Waals surface area contributed by atoms with E-state index in [1.807, 2.05) is 0 Å². The van der Waals surface area contributed by atoms with Crippen LogP contribution >= 0.6 is 23.2 Å². The predicted molar refractivity (Wildman–Crippen MR) is 74.6 cm³/mol. The van der Waals surface area contributed by atoms with Crippen LogP contribution in [0.15, 0.2) is 12.3 Å². The van der Waals surface area contributed by atoms with E-state index in [4.69, 9.17) is 28.9 Å². The third-order valence-corrected chi connectivity index (χ3v) is 3.32. The molecule has 2 nitrogen and oxygen atoms in total. The zero-order chi connectivity index (χ0) is 12.7. The molecular weight excluding hydrogens is 255 g/mol. The molecule has 0 aliphatic carbocycles. The van der Waals surface area contributed by atoms with E-state index >= 15 is 0 Å². The van der Waals surface area contributed by atoms with Crippen molar-refractivity contribution in [3.63, 3.8) is 0 Å². The van der Waals surface area contributed by atoms with Gasteiger partial charge in [0, 0.05) is 12.2 Å². The Balaban J connectivity index is 2.38. The van der Waals surface area contributed by atoms with Crippen LogP contribution < -0.4 is 5.73 Å². The van der Waals surface area contributed by atoms with Gasteiger partial charge in [0.25, 0.3) is 0 Å². The van der Waals surface area contributed by atoms with Crippen LogP contribution in [0, 0.1) is 0 Å². The zero-order valence-corrected chi connectivity index (χ0v) is 11.8. The molecule has 0 radical (unpaired) electrons. The van der Waals surface area contributed by atoms with Crippen LogP contribution in [-0.2, 0) is 0 Å². The smallest absolute Gasteiger partial charge is 0.0757 e. The molecule has 1 aromatic heterocycles. The molecule has 0 fully saturated rings. The first-order valence-electron chi connectivity index (χ1n) is 6.21. The number of nitrogens with two attached hydrogens (primary N) is 1. The van der Waals surface area contributed by atoms with Crippen LogP contribution in [0.4, 0.5) is 0 Å². The molecule has 0 saturated carbocycles. The second kappa shape index (κ2) is 7.91. The van der Waals surface area contributed by atoms with Crippen molar-refractivity contribution < 1.29 is 0 Å². The fraction of sp³-hybridized carbons (Fsp3) is 0.615. The second-order valence-electron chi connectivity index (χ2n) is 4.33. The molecule has 96 valence electrons. The summed E-state index contributed by atoms with van der Waals surface area (Å²) in [5.41, 5.74) is 6.83. The molecule has 1 atom stereocenters. The fourth-order valence-corrected chi connectivity index (χ4v) is 2.32. The maximum atomic E-state index is 6.07. The minimum atomic E-state index is -0.0820. The Morgan fingerprint density at radius 1 is 1.24 bits per heavy atom. The number of pyridine rings is 1. The van der Waals surface area contributed by atoms with Crippen molar-refractivity contribution in [3.05, 3.63) is 28.0 Å². The van der Waals surface area contributed by atoms with E-state index in [0.717, 1.165) is 18.5 Å². The molecule has 0 spiro atoms. The SMILES string of the molecule is CCCCCCCC(N)c1ncc(Cl)cc1Cl. The van der Waals surface area contributed by atoms with Gasteiger partial charge < -0.3 is 5.73 Å². The molecule has 1 aromatic rings. The Labute approximate surface area is 114 Å². The molecule has 0 aromatic carbocycles. The van der Waals surface area contributed by atoms with Gasteiger partial charge >= 0.3 is 0 Å². The summed E-state index contributed by atoms with van der Waals surface area (Å²) in [6, 6.07) is 1.61. The molecule has 17 heavy (non-hydrogen) atoms. The van der Waals surface area contributed by atoms with Crippen LogP contribution in [0.1, 0.15) is 57.2 Å². The maximum Gasteiger partial charge on any atom is 0.0757 e. The summed E-state index contributed by atoms with van der Waals surface area (Å²) in [6.45, 7) is 2.21. The van der Waals surface area contributed by atoms with Crippen molar-refractivity contribution in [2.45, 2.75) is 51.5 Å². The molecule has 0 amide bonds. The predicted octanol–water partition coefficient (Wildman–Crippen LogP) is 4.75. The summed E-state index contributed by atoms with van der Waals surface area (Å²) in [7, 11) is 0. The third kappa shape index (κ3) is 5.24. The minimum Gasteiger partial charge on any atom is -0.323 e. The Bertz CT molecular complexity index is 342. The Morgan fingerprint density at radius 2 is 1.94 bits per heavy atom. The van der Waals surface area contributed by atoms with Crippen LogP contribution in [-0.4, -0.2) is 4.98 Å². The standard InChI is InChI=1S/C13H20Cl2N2/c1-2-3-4-5-6-7-12(16)13-11(15)8-10(14)9-17-13/h8-9,12H,2-7,16H2,1H3. The first-order valence-corrected chi connectivity index (χ1v) is 6.97. The number of nitrogens with zero attached hydrogens (tertiary/aromatic N) is 1. The largest absolute Gasteiger partial charge is 0.323 e. The molecule has 0 bridgehead atoms. The third-order valence-electron chi connectivity index (χ3n) is 2.81. The van der Waals surface area contributed by atoms with Crippen LogP contribution in [0.25, 0.3) is 0 Å². The van der Waals surface area contributed by atoms with E-state index in [2.05, 4.69) is 11.9 Å². The van der Waals surface area contributed by atoms with Gasteiger partial charge in [0.15, 0.2) is 0 Å². The van der Waals surface area contributed by atoms with Gasteiger partial charge in [-0.3, -0.25) is 4.98 Å². The van der Waals surface area contributed by atoms with Crippen molar-refractivity contribution in [2.24, 2.45) is 5.73 Å². The van der Waals surface area contributed by atoms with E-state index in [1.54, 1.807) is 12.3 Å². The van der Waals surface area contributed by atoms with Gasteiger partial charge in [0.1, 0.15) is 0 Å². The van der Waals surface area contributed by atoms with Gasteiger partial charge in [0.2, 0.25) is 0 Å². The molecule has 1 heterocycles. The number of hydrogen-bond acceptors (Lipinski definition) is 2. The molecule has 0 aliphatic heterocycles. The van der Waals surface area contributed by atoms with Crippen molar-refractivity contribution in [3.8, 4) is 0 Å². The van der Waals surface area contributed by atoms with Crippen LogP contribution in [0.3, 0.4) is 0 Å². The molecule has 2 N–H and O–H groups in total. The highest BCUT2D eigenvalue weighted by atomic mass is 35.5. The summed E-state index contributed by atoms with van der Waals surface area (Å²) < 4.78 is 0. The maximum absolute atomic E-state index is 6.07. The van der Waals surface area contributed by atoms with Crippen molar-refractivity contribution in [2.75, 3.05) is 0 Å². The summed E-state index contributed by atoms with van der Waals surface area (Å²) >= 11 is 11.9. The number of hydrogen-bond donors (Lipinski definition) is 1. The Morgan fingerprint density at radius 3 is 2.59 bits per heavy atom. The zero-order valence-electron chi connectivity index (χ0n) is 10.3. The van der Waals surface area contributed by atoms with E-state index in [1.165, 1.54) is 25.7 Å². The normalized spacial score (nSPS) is 12.7. The lowest BCUT2D eigenvalue weighted by Crippen LogP contribution is -2.12. The van der Waals surface area contributed by atoms with E-state index in [9.17, 15) is 0 Å². The fourth-order valence-electron chi connectivity index (χ4n) is 1.80. The average molecular weight is 275 g/mol. The van der Waals surface area contributed by atoms with E-state index < -0.39 is 0 Å². The molecule has 4 heteroatoms. The van der Waals surface area contributed by atoms with Crippen molar-refractivity contribution in [1.82, 2.24) is 4.98 Å². The average Bonchev–Trinajstić information content (AvgIpc) is 2.28. The summed E-state index contributed by atoms with van der Waals surface area (Å²) in [5.74, 6) is 0. The molecular formula is C13H20Cl2N2. The number of rotatable bonds is 7. The highest BCUT2D eigenvalue weighted by molar-refractivity contribution is 6.34. The van der Waals surface area contributed by atoms with Gasteiger partial charge in [-0.2, -0.15) is 0 Å². The second-order valence-corrected chi connectivity index (χ2v) is 5.17. The summed E-state index contributed by atoms with van der Waals surface area (Å²) in [6.07, 6.45) is 8.73. The summed E-state index contributed by atoms with van der Waals surface area (Å²) in [4.78, 5) is 4.20. The molecule has 1 unspecified atom stereocenters. The Hall–Kier alpha value is -0.310. The van der Waals surface area contributed by atoms with Crippen LogP contribution in [0.2, 0.25) is 10.0 Å². The monoisotopic (exact) mass is 274 g/mol. The molecule has 0 saturated heterocycles. The van der Waals surface area contributed by atoms with E-state index in [-0.39, 0.29) is 6.04 Å². The highest BCUT2D eigenvalue weighted by Crippen LogP contribution is 2.25. The first kappa shape index (κ1) is 14.7. The van der Waals surface area contributed by atoms with Gasteiger partial charge in [-0.15, -0.1) is 0 Å². The van der Waals surface area contributed by atoms with Crippen molar-refractivity contribution in [1.29, 1.82) is 0 Å². The Kier molecular flexibility index (Phi) is 6.86. The summed E-state index contributed by atoms with van der Waals surface area (Å²) in [5, 5.41) is 1.12. The number of unbranched alkanes of at least 4 members (excludes halogenated alkanes) is 4. The topological polar surface area (TPSA) is 38.9 Å². The lowest BCUT2D eigenvalue weighted by molar-refractivity contribution is 0.548. The van der Waals surface area contributed by atoms with Gasteiger partial charge in [0.05, 0.1) is 15.7 Å². The molecule has 0 aliphatic rings. The van der Waals surface area contributed by atoms with Gasteiger partial charge in [-0.1, -0.05) is 62.2 Å². The van der Waals surface area contributed by atoms with Gasteiger partial charge in [-0.25, -0.2) is 0 Å². The van der Waals surface area contributed by atoms with Crippen molar-refractivity contribution >= 4 is 23.2 Å². The lowest BCUT2D eigenvalue weighted by atomic mass is 10.0. The van der Waals surface area contributed by atoms with Crippen LogP contribution in [0.5, 0.6) is 0 Å². The quantitative estimate of drug-likeness (QED) is 0.729. The first-order chi connectivity index (χ1) is 8.15. The number of halogens is 2. The lowest BCUT2D eigenvalue weighted by Gasteiger charge is -2.12.